The molecule has 1 heterocycles. The lowest BCUT2D eigenvalue weighted by molar-refractivity contribution is -0.130. The van der Waals surface area contributed by atoms with Crippen LogP contribution in [0, 0.1) is 0 Å². The van der Waals surface area contributed by atoms with Crippen LogP contribution in [0.15, 0.2) is 36.4 Å². The zero-order chi connectivity index (χ0) is 16.1. The lowest BCUT2D eigenvalue weighted by Gasteiger charge is -2.12. The smallest absolute Gasteiger partial charge is 0.339 e. The third-order valence-corrected chi connectivity index (χ3v) is 2.93. The second kappa shape index (κ2) is 6.86. The molecule has 0 aliphatic rings. The van der Waals surface area contributed by atoms with Crippen LogP contribution in [0.5, 0.6) is 11.8 Å². The van der Waals surface area contributed by atoms with Gasteiger partial charge in [0.15, 0.2) is 0 Å². The molecule has 1 aromatic heterocycles. The Morgan fingerprint density at radius 3 is 2.64 bits per heavy atom. The summed E-state index contributed by atoms with van der Waals surface area (Å²) in [6, 6.07) is 6.55. The third kappa shape index (κ3) is 3.50. The van der Waals surface area contributed by atoms with Crippen LogP contribution in [-0.2, 0) is 9.53 Å². The summed E-state index contributed by atoms with van der Waals surface area (Å²) >= 11 is 5.67. The van der Waals surface area contributed by atoms with Crippen LogP contribution >= 0.6 is 11.6 Å². The number of benzene rings is 1. The number of aliphatic carboxylic acids is 1. The van der Waals surface area contributed by atoms with Gasteiger partial charge < -0.3 is 14.6 Å². The van der Waals surface area contributed by atoms with Gasteiger partial charge in [-0.3, -0.25) is 0 Å². The Morgan fingerprint density at radius 1 is 1.27 bits per heavy atom. The molecule has 8 heteroatoms. The summed E-state index contributed by atoms with van der Waals surface area (Å²) < 4.78 is 10.5. The predicted octanol–water partition coefficient (Wildman–Crippen LogP) is 2.78. The van der Waals surface area contributed by atoms with Gasteiger partial charge >= 0.3 is 12.0 Å². The van der Waals surface area contributed by atoms with Gasteiger partial charge in [-0.25, -0.2) is 9.78 Å². The minimum Gasteiger partial charge on any atom is -0.500 e. The van der Waals surface area contributed by atoms with Gasteiger partial charge in [0.05, 0.1) is 7.11 Å². The fraction of sp³-hybridized carbons (Fsp3) is 0.143. The number of hydrogen-bond acceptors (Lipinski definition) is 6. The average molecular weight is 322 g/mol. The van der Waals surface area contributed by atoms with Crippen LogP contribution in [0.2, 0.25) is 5.28 Å². The maximum atomic E-state index is 11.5. The van der Waals surface area contributed by atoms with Gasteiger partial charge in [0.1, 0.15) is 23.4 Å². The lowest BCUT2D eigenvalue weighted by atomic mass is 10.0. The van der Waals surface area contributed by atoms with Gasteiger partial charge in [-0.2, -0.15) is 9.97 Å². The first kappa shape index (κ1) is 15.7. The first-order valence-corrected chi connectivity index (χ1v) is 6.50. The number of ether oxygens (including phenoxy) is 2. The van der Waals surface area contributed by atoms with E-state index in [-0.39, 0.29) is 28.4 Å². The van der Waals surface area contributed by atoms with Crippen LogP contribution in [-0.4, -0.2) is 33.1 Å². The van der Waals surface area contributed by atoms with Gasteiger partial charge in [-0.1, -0.05) is 18.2 Å². The van der Waals surface area contributed by atoms with E-state index in [1.54, 1.807) is 31.2 Å². The lowest BCUT2D eigenvalue weighted by Crippen LogP contribution is -2.06. The number of carbonyl (C=O) groups is 1. The molecular formula is C14H12ClN3O4. The zero-order valence-corrected chi connectivity index (χ0v) is 12.5. The van der Waals surface area contributed by atoms with Crippen molar-refractivity contribution in [2.45, 2.75) is 6.92 Å². The van der Waals surface area contributed by atoms with E-state index < -0.39 is 5.97 Å². The van der Waals surface area contributed by atoms with Gasteiger partial charge in [0, 0.05) is 5.56 Å². The van der Waals surface area contributed by atoms with Crippen molar-refractivity contribution >= 4 is 23.1 Å². The van der Waals surface area contributed by atoms with Crippen molar-refractivity contribution in [2.75, 3.05) is 7.11 Å². The summed E-state index contributed by atoms with van der Waals surface area (Å²) in [5.74, 6) is -0.625. The number of aromatic nitrogens is 3. The molecule has 0 atom stereocenters. The van der Waals surface area contributed by atoms with E-state index in [2.05, 4.69) is 15.0 Å². The van der Waals surface area contributed by atoms with E-state index in [0.29, 0.717) is 5.56 Å². The van der Waals surface area contributed by atoms with Crippen LogP contribution < -0.4 is 4.74 Å². The van der Waals surface area contributed by atoms with E-state index in [0.717, 1.165) is 0 Å². The van der Waals surface area contributed by atoms with E-state index in [4.69, 9.17) is 21.1 Å². The summed E-state index contributed by atoms with van der Waals surface area (Å²) in [6.45, 7) is 1.56. The topological polar surface area (TPSA) is 94.4 Å². The molecule has 0 fully saturated rings. The highest BCUT2D eigenvalue weighted by Gasteiger charge is 2.20. The minimum absolute atomic E-state index is 0.0155. The van der Waals surface area contributed by atoms with Crippen molar-refractivity contribution in [2.24, 2.45) is 0 Å². The van der Waals surface area contributed by atoms with Gasteiger partial charge in [-0.15, -0.1) is 0 Å². The number of allylic oxidation sites excluding steroid dienone is 1. The fourth-order valence-corrected chi connectivity index (χ4v) is 1.85. The first-order chi connectivity index (χ1) is 10.5. The Labute approximate surface area is 131 Å². The second-order valence-electron chi connectivity index (χ2n) is 4.08. The Bertz CT molecular complexity index is 734. The van der Waals surface area contributed by atoms with Crippen molar-refractivity contribution in [1.82, 2.24) is 15.0 Å². The quantitative estimate of drug-likeness (QED) is 0.668. The minimum atomic E-state index is -1.14. The number of carboxylic acids is 1. The van der Waals surface area contributed by atoms with E-state index >= 15 is 0 Å². The van der Waals surface area contributed by atoms with Crippen LogP contribution in [0.4, 0.5) is 0 Å². The highest BCUT2D eigenvalue weighted by molar-refractivity contribution is 6.28. The molecule has 0 saturated heterocycles. The van der Waals surface area contributed by atoms with E-state index in [1.165, 1.54) is 13.4 Å². The molecular weight excluding hydrogens is 310 g/mol. The molecule has 1 N–H and O–H groups in total. The molecule has 0 spiro atoms. The molecule has 0 amide bonds. The normalized spacial score (nSPS) is 11.6. The molecule has 0 aliphatic carbocycles. The highest BCUT2D eigenvalue weighted by Crippen LogP contribution is 2.31. The molecule has 7 nitrogen and oxygen atoms in total. The maximum absolute atomic E-state index is 11.5. The standard InChI is InChI=1S/C14H12ClN3O4/c1-8(21-2)11(12(19)20)9-5-3-4-6-10(9)22-14-17-7-16-13(15)18-14/h3-7H,1-2H3,(H,19,20). The molecule has 0 aliphatic heterocycles. The average Bonchev–Trinajstić information content (AvgIpc) is 2.48. The number of nitrogens with zero attached hydrogens (tertiary/aromatic N) is 3. The molecule has 0 unspecified atom stereocenters. The van der Waals surface area contributed by atoms with Gasteiger partial charge in [-0.05, 0) is 24.6 Å². The van der Waals surface area contributed by atoms with Crippen LogP contribution in [0.3, 0.4) is 0 Å². The van der Waals surface area contributed by atoms with Crippen molar-refractivity contribution < 1.29 is 19.4 Å². The zero-order valence-electron chi connectivity index (χ0n) is 11.8. The van der Waals surface area contributed by atoms with Gasteiger partial charge in [0.25, 0.3) is 0 Å². The molecule has 114 valence electrons. The Balaban J connectivity index is 2.49. The summed E-state index contributed by atoms with van der Waals surface area (Å²) in [5, 5.41) is 9.38. The highest BCUT2D eigenvalue weighted by atomic mass is 35.5. The SMILES string of the molecule is COC(C)=C(C(=O)O)c1ccccc1Oc1ncnc(Cl)n1. The summed E-state index contributed by atoms with van der Waals surface area (Å²) in [5.41, 5.74) is 0.323. The molecule has 1 aromatic carbocycles. The molecule has 0 bridgehead atoms. The van der Waals surface area contributed by atoms with Crippen molar-refractivity contribution in [3.8, 4) is 11.8 Å². The number of rotatable bonds is 5. The van der Waals surface area contributed by atoms with Crippen molar-refractivity contribution in [1.29, 1.82) is 0 Å². The Kier molecular flexibility index (Phi) is 4.90. The van der Waals surface area contributed by atoms with Crippen molar-refractivity contribution in [3.63, 3.8) is 0 Å². The molecule has 0 saturated carbocycles. The molecule has 2 rings (SSSR count). The van der Waals surface area contributed by atoms with Gasteiger partial charge in [0.2, 0.25) is 5.28 Å². The number of methoxy groups -OCH3 is 1. The van der Waals surface area contributed by atoms with Crippen LogP contribution in [0.25, 0.3) is 5.57 Å². The van der Waals surface area contributed by atoms with E-state index in [9.17, 15) is 9.90 Å². The first-order valence-electron chi connectivity index (χ1n) is 6.13. The number of halogens is 1. The third-order valence-electron chi connectivity index (χ3n) is 2.75. The molecule has 2 aromatic rings. The number of hydrogen-bond donors (Lipinski definition) is 1. The predicted molar refractivity (Wildman–Crippen MR) is 78.6 cm³/mol. The van der Waals surface area contributed by atoms with Crippen LogP contribution in [0.1, 0.15) is 12.5 Å². The summed E-state index contributed by atoms with van der Waals surface area (Å²) in [4.78, 5) is 22.8. The largest absolute Gasteiger partial charge is 0.500 e. The fourth-order valence-electron chi connectivity index (χ4n) is 1.73. The number of carboxylic acid groups (broad SMARTS) is 1. The second-order valence-corrected chi connectivity index (χ2v) is 4.41. The maximum Gasteiger partial charge on any atom is 0.339 e. The van der Waals surface area contributed by atoms with Crippen molar-refractivity contribution in [3.05, 3.63) is 47.2 Å². The summed E-state index contributed by atoms with van der Waals surface area (Å²) in [7, 11) is 1.40. The number of para-hydroxylation sites is 1. The monoisotopic (exact) mass is 321 g/mol. The molecule has 22 heavy (non-hydrogen) atoms. The van der Waals surface area contributed by atoms with E-state index in [1.807, 2.05) is 0 Å². The summed E-state index contributed by atoms with van der Waals surface area (Å²) in [6.07, 6.45) is 1.20. The Hall–Kier alpha value is -2.67. The molecule has 0 radical (unpaired) electrons. The Morgan fingerprint density at radius 2 is 2.00 bits per heavy atom.